The van der Waals surface area contributed by atoms with Gasteiger partial charge in [0.25, 0.3) is 0 Å². The summed E-state index contributed by atoms with van der Waals surface area (Å²) in [6.45, 7) is 9.30. The highest BCUT2D eigenvalue weighted by atomic mass is 16.6. The lowest BCUT2D eigenvalue weighted by molar-refractivity contribution is -0.944. The largest absolute Gasteiger partial charge is 0.451 e. The third kappa shape index (κ3) is 4.41. The van der Waals surface area contributed by atoms with Gasteiger partial charge >= 0.3 is 11.5 Å². The molecule has 0 radical (unpaired) electrons. The Balaban J connectivity index is 1.22. The maximum absolute atomic E-state index is 7.32. The van der Waals surface area contributed by atoms with Crippen LogP contribution in [-0.2, 0) is 5.66 Å². The third-order valence-electron chi connectivity index (χ3n) is 13.2. The Labute approximate surface area is 353 Å². The number of ether oxygens (including phenoxy) is 2. The molecule has 292 valence electrons. The minimum Gasteiger partial charge on any atom is -0.451 e. The van der Waals surface area contributed by atoms with Crippen molar-refractivity contribution in [1.29, 1.82) is 0 Å². The summed E-state index contributed by atoms with van der Waals surface area (Å²) in [5.74, 6) is 4.11. The number of pyridine rings is 1. The van der Waals surface area contributed by atoms with Crippen molar-refractivity contribution in [2.75, 3.05) is 0 Å². The number of rotatable bonds is 4. The molecule has 0 saturated heterocycles. The van der Waals surface area contributed by atoms with Gasteiger partial charge in [0.2, 0.25) is 11.4 Å². The van der Waals surface area contributed by atoms with Crippen LogP contribution in [0, 0.1) is 0 Å². The lowest BCUT2D eigenvalue weighted by Crippen LogP contribution is -2.71. The second kappa shape index (κ2) is 12.3. The molecule has 6 nitrogen and oxygen atoms in total. The van der Waals surface area contributed by atoms with Crippen molar-refractivity contribution >= 4 is 33.0 Å². The van der Waals surface area contributed by atoms with Gasteiger partial charge in [-0.05, 0) is 102 Å². The Morgan fingerprint density at radius 2 is 1.23 bits per heavy atom. The molecular formula is C55H41N3O3+2. The van der Waals surface area contributed by atoms with E-state index in [1.807, 2.05) is 30.3 Å². The first-order valence-corrected chi connectivity index (χ1v) is 21.3. The average Bonchev–Trinajstić information content (AvgIpc) is 4.02. The van der Waals surface area contributed by atoms with E-state index < -0.39 is 5.66 Å². The predicted octanol–water partition coefficient (Wildman–Crippen LogP) is 13.2. The van der Waals surface area contributed by atoms with Gasteiger partial charge in [0.1, 0.15) is 11.3 Å². The van der Waals surface area contributed by atoms with Crippen molar-refractivity contribution in [2.24, 2.45) is 0 Å². The molecule has 3 aliphatic rings. The van der Waals surface area contributed by atoms with Crippen LogP contribution in [0.5, 0.6) is 23.0 Å². The van der Waals surface area contributed by atoms with Gasteiger partial charge in [0.15, 0.2) is 45.6 Å². The van der Waals surface area contributed by atoms with Crippen molar-refractivity contribution in [2.45, 2.75) is 45.2 Å². The summed E-state index contributed by atoms with van der Waals surface area (Å²) in [6, 6.07) is 56.6. The monoisotopic (exact) mass is 791 g/mol. The molecule has 1 spiro atoms. The van der Waals surface area contributed by atoms with Crippen molar-refractivity contribution in [1.82, 2.24) is 4.57 Å². The van der Waals surface area contributed by atoms with Crippen molar-refractivity contribution in [3.8, 4) is 62.5 Å². The number of para-hydroxylation sites is 4. The normalized spacial score (nSPS) is 15.5. The number of furan rings is 1. The number of hydrogen-bond donors (Lipinski definition) is 0. The highest BCUT2D eigenvalue weighted by Gasteiger charge is 2.67. The number of imidazole rings is 1. The molecule has 0 bridgehead atoms. The number of aromatic nitrogens is 3. The zero-order valence-corrected chi connectivity index (χ0v) is 34.3. The molecule has 0 fully saturated rings. The van der Waals surface area contributed by atoms with Crippen LogP contribution in [-0.4, -0.2) is 4.57 Å². The van der Waals surface area contributed by atoms with E-state index in [0.29, 0.717) is 28.6 Å². The summed E-state index contributed by atoms with van der Waals surface area (Å²) >= 11 is 0. The summed E-state index contributed by atoms with van der Waals surface area (Å²) in [6.07, 6.45) is 2.25. The Kier molecular flexibility index (Phi) is 6.94. The first kappa shape index (κ1) is 34.4. The van der Waals surface area contributed by atoms with E-state index in [4.69, 9.17) is 13.9 Å². The second-order valence-electron chi connectivity index (χ2n) is 17.2. The highest BCUT2D eigenvalue weighted by Crippen LogP contribution is 2.55. The lowest BCUT2D eigenvalue weighted by Gasteiger charge is -2.20. The molecule has 0 saturated carbocycles. The van der Waals surface area contributed by atoms with Gasteiger partial charge < -0.3 is 13.9 Å². The average molecular weight is 792 g/mol. The fourth-order valence-corrected chi connectivity index (χ4v) is 10.7. The third-order valence-corrected chi connectivity index (χ3v) is 13.2. The molecule has 13 rings (SSSR count). The van der Waals surface area contributed by atoms with Crippen LogP contribution in [0.3, 0.4) is 0 Å². The van der Waals surface area contributed by atoms with Crippen LogP contribution in [0.25, 0.3) is 72.4 Å². The smallest absolute Gasteiger partial charge is 0.364 e. The second-order valence-corrected chi connectivity index (χ2v) is 17.2. The predicted molar refractivity (Wildman–Crippen MR) is 240 cm³/mol. The first-order valence-electron chi connectivity index (χ1n) is 21.3. The van der Waals surface area contributed by atoms with Gasteiger partial charge in [-0.15, -0.1) is 9.13 Å². The van der Waals surface area contributed by atoms with E-state index in [9.17, 15) is 0 Å². The Morgan fingerprint density at radius 1 is 0.557 bits per heavy atom. The maximum atomic E-state index is 7.32. The lowest BCUT2D eigenvalue weighted by atomic mass is 9.87. The van der Waals surface area contributed by atoms with E-state index in [1.165, 1.54) is 44.8 Å². The summed E-state index contributed by atoms with van der Waals surface area (Å²) in [5.41, 5.74) is 15.1. The molecule has 6 heterocycles. The van der Waals surface area contributed by atoms with Gasteiger partial charge in [0.05, 0.1) is 16.7 Å². The fraction of sp³-hybridized carbons (Fsp3) is 0.127. The molecule has 61 heavy (non-hydrogen) atoms. The zero-order valence-electron chi connectivity index (χ0n) is 34.3. The molecule has 1 unspecified atom stereocenters. The summed E-state index contributed by atoms with van der Waals surface area (Å²) < 4.78 is 28.0. The molecule has 0 aliphatic carbocycles. The van der Waals surface area contributed by atoms with Crippen LogP contribution in [0.2, 0.25) is 0 Å². The minimum atomic E-state index is -0.770. The van der Waals surface area contributed by atoms with E-state index in [0.717, 1.165) is 44.3 Å². The van der Waals surface area contributed by atoms with Gasteiger partial charge in [-0.2, -0.15) is 4.57 Å². The molecule has 1 atom stereocenters. The van der Waals surface area contributed by atoms with Crippen LogP contribution >= 0.6 is 0 Å². The summed E-state index contributed by atoms with van der Waals surface area (Å²) in [5, 5.41) is 2.00. The van der Waals surface area contributed by atoms with E-state index >= 15 is 0 Å². The van der Waals surface area contributed by atoms with E-state index in [2.05, 4.69) is 175 Å². The molecular weight excluding hydrogens is 751 g/mol. The SMILES string of the molecule is CC(C)c1cc(-c2ccccc2)cc(C(C)C)c1-n1c2[n+](c3ccccc31)C1(c3ccccc3-c3cccc[n+]31)c1ccc3c(oc4c5c(ccc43)Oc3ccccc3O5)c1-2. The van der Waals surface area contributed by atoms with Crippen LogP contribution < -0.4 is 18.6 Å². The summed E-state index contributed by atoms with van der Waals surface area (Å²) in [4.78, 5) is 0. The van der Waals surface area contributed by atoms with Crippen LogP contribution in [0.15, 0.2) is 168 Å². The molecule has 10 aromatic rings. The van der Waals surface area contributed by atoms with Crippen LogP contribution in [0.4, 0.5) is 0 Å². The van der Waals surface area contributed by atoms with E-state index in [1.54, 1.807) is 0 Å². The first-order chi connectivity index (χ1) is 29.9. The Morgan fingerprint density at radius 3 is 2.03 bits per heavy atom. The molecule has 7 aromatic carbocycles. The molecule has 3 aromatic heterocycles. The highest BCUT2D eigenvalue weighted by molar-refractivity contribution is 6.12. The minimum absolute atomic E-state index is 0.226. The quantitative estimate of drug-likeness (QED) is 0.167. The fourth-order valence-electron chi connectivity index (χ4n) is 10.7. The zero-order chi connectivity index (χ0) is 40.7. The number of benzene rings is 7. The number of nitrogens with zero attached hydrogens (tertiary/aromatic N) is 3. The van der Waals surface area contributed by atoms with Crippen LogP contribution in [0.1, 0.15) is 61.8 Å². The molecule has 0 N–H and O–H groups in total. The molecule has 3 aliphatic heterocycles. The Bertz CT molecular complexity index is 3430. The molecule has 0 amide bonds. The van der Waals surface area contributed by atoms with Crippen molar-refractivity contribution in [3.63, 3.8) is 0 Å². The van der Waals surface area contributed by atoms with Crippen molar-refractivity contribution in [3.05, 3.63) is 186 Å². The standard InChI is InChI=1S/C55H41N3O3/c1-32(2)39-30-35(34-16-6-5-7-17-34)31-40(33(3)4)50(39)57-44-21-10-11-22-45(44)58-54(57)49-42(55(58)41-19-9-8-18-38(41)43-20-14-15-29-56(43)55)27-25-36-37-26-28-48-53(52(37)61-51(36)49)60-47-24-13-12-23-46(47)59-48/h5-33H,1-4H3/q+2. The summed E-state index contributed by atoms with van der Waals surface area (Å²) in [7, 11) is 0. The van der Waals surface area contributed by atoms with Gasteiger partial charge in [-0.25, -0.2) is 0 Å². The van der Waals surface area contributed by atoms with Gasteiger partial charge in [0, 0.05) is 34.0 Å². The number of hydrogen-bond acceptors (Lipinski definition) is 3. The van der Waals surface area contributed by atoms with Gasteiger partial charge in [-0.3, -0.25) is 0 Å². The maximum Gasteiger partial charge on any atom is 0.364 e. The number of fused-ring (bicyclic) bond motifs is 19. The van der Waals surface area contributed by atoms with E-state index in [-0.39, 0.29) is 11.8 Å². The van der Waals surface area contributed by atoms with Gasteiger partial charge in [-0.1, -0.05) is 94.4 Å². The topological polar surface area (TPSA) is 44.3 Å². The Hall–Kier alpha value is -7.44. The van der Waals surface area contributed by atoms with Crippen molar-refractivity contribution < 1.29 is 23.0 Å². The molecule has 6 heteroatoms.